The molecule has 13 heavy (non-hydrogen) atoms. The van der Waals surface area contributed by atoms with Crippen molar-refractivity contribution in [3.63, 3.8) is 0 Å². The van der Waals surface area contributed by atoms with Gasteiger partial charge in [-0.05, 0) is 33.4 Å². The van der Waals surface area contributed by atoms with E-state index in [0.717, 1.165) is 19.5 Å². The molecule has 1 aliphatic heterocycles. The zero-order chi connectivity index (χ0) is 9.84. The van der Waals surface area contributed by atoms with E-state index in [9.17, 15) is 4.79 Å². The molecule has 4 heteroatoms. The number of nitrogens with one attached hydrogen (secondary N) is 1. The lowest BCUT2D eigenvalue weighted by Gasteiger charge is -2.30. The zero-order valence-corrected chi connectivity index (χ0v) is 9.18. The average Bonchev–Trinajstić information content (AvgIpc) is 2.04. The lowest BCUT2D eigenvalue weighted by atomic mass is 10.1. The first-order valence-corrected chi connectivity index (χ1v) is 5.28. The minimum atomic E-state index is -0.202. The molecule has 3 nitrogen and oxygen atoms in total. The van der Waals surface area contributed by atoms with Crippen LogP contribution in [-0.2, 0) is 4.79 Å². The maximum absolute atomic E-state index is 11.3. The third-order valence-corrected chi connectivity index (χ3v) is 2.58. The molecule has 0 aliphatic carbocycles. The van der Waals surface area contributed by atoms with Crippen LogP contribution in [0.2, 0.25) is 0 Å². The minimum Gasteiger partial charge on any atom is -0.351 e. The van der Waals surface area contributed by atoms with Gasteiger partial charge in [-0.15, -0.1) is 0 Å². The summed E-state index contributed by atoms with van der Waals surface area (Å²) in [5, 5.41) is 2.79. The van der Waals surface area contributed by atoms with Crippen molar-refractivity contribution >= 4 is 18.5 Å². The number of amides is 1. The summed E-state index contributed by atoms with van der Waals surface area (Å²) in [5.41, 5.74) is 0. The molecular weight excluding hydrogens is 184 g/mol. The highest BCUT2D eigenvalue weighted by molar-refractivity contribution is 7.81. The van der Waals surface area contributed by atoms with Crippen LogP contribution in [0.25, 0.3) is 0 Å². The molecule has 0 spiro atoms. The van der Waals surface area contributed by atoms with Crippen molar-refractivity contribution in [3.05, 3.63) is 0 Å². The summed E-state index contributed by atoms with van der Waals surface area (Å²) >= 11 is 4.09. The summed E-state index contributed by atoms with van der Waals surface area (Å²) < 4.78 is 0. The monoisotopic (exact) mass is 202 g/mol. The number of nitrogens with zero attached hydrogens (tertiary/aromatic N) is 1. The summed E-state index contributed by atoms with van der Waals surface area (Å²) in [4.78, 5) is 13.6. The summed E-state index contributed by atoms with van der Waals surface area (Å²) in [7, 11) is 2.09. The van der Waals surface area contributed by atoms with Gasteiger partial charge in [-0.2, -0.15) is 12.6 Å². The Labute approximate surface area is 85.3 Å². The van der Waals surface area contributed by atoms with Gasteiger partial charge in [0, 0.05) is 12.6 Å². The van der Waals surface area contributed by atoms with Crippen LogP contribution in [0.1, 0.15) is 19.8 Å². The van der Waals surface area contributed by atoms with E-state index in [2.05, 4.69) is 29.9 Å². The van der Waals surface area contributed by atoms with Crippen molar-refractivity contribution in [2.45, 2.75) is 31.1 Å². The molecule has 0 aromatic rings. The first-order chi connectivity index (χ1) is 6.09. The van der Waals surface area contributed by atoms with Gasteiger partial charge >= 0.3 is 0 Å². The maximum atomic E-state index is 11.3. The van der Waals surface area contributed by atoms with E-state index in [-0.39, 0.29) is 11.2 Å². The fourth-order valence-electron chi connectivity index (χ4n) is 1.61. The van der Waals surface area contributed by atoms with E-state index in [0.29, 0.717) is 6.04 Å². The van der Waals surface area contributed by atoms with E-state index >= 15 is 0 Å². The number of hydrogen-bond acceptors (Lipinski definition) is 3. The van der Waals surface area contributed by atoms with Gasteiger partial charge in [0.15, 0.2) is 0 Å². The van der Waals surface area contributed by atoms with E-state index in [4.69, 9.17) is 0 Å². The van der Waals surface area contributed by atoms with Crippen molar-refractivity contribution in [1.82, 2.24) is 10.2 Å². The highest BCUT2D eigenvalue weighted by atomic mass is 32.1. The second-order valence-corrected chi connectivity index (χ2v) is 4.56. The molecular formula is C9H18N2OS. The van der Waals surface area contributed by atoms with Crippen LogP contribution < -0.4 is 5.32 Å². The van der Waals surface area contributed by atoms with Crippen molar-refractivity contribution in [1.29, 1.82) is 0 Å². The first kappa shape index (κ1) is 10.9. The van der Waals surface area contributed by atoms with Gasteiger partial charge in [-0.1, -0.05) is 0 Å². The quantitative estimate of drug-likeness (QED) is 0.640. The normalized spacial score (nSPS) is 26.8. The van der Waals surface area contributed by atoms with Gasteiger partial charge in [0.1, 0.15) is 0 Å². The number of thiol groups is 1. The molecule has 1 N–H and O–H groups in total. The molecule has 2 unspecified atom stereocenters. The van der Waals surface area contributed by atoms with Crippen LogP contribution in [0.5, 0.6) is 0 Å². The number of hydrogen-bond donors (Lipinski definition) is 2. The smallest absolute Gasteiger partial charge is 0.232 e. The minimum absolute atomic E-state index is 0.0450. The number of rotatable bonds is 2. The Morgan fingerprint density at radius 3 is 2.92 bits per heavy atom. The molecule has 76 valence electrons. The Bertz CT molecular complexity index is 184. The summed E-state index contributed by atoms with van der Waals surface area (Å²) in [6.07, 6.45) is 2.26. The Morgan fingerprint density at radius 2 is 2.38 bits per heavy atom. The van der Waals surface area contributed by atoms with Crippen LogP contribution in [0, 0.1) is 0 Å². The summed E-state index contributed by atoms with van der Waals surface area (Å²) in [5.74, 6) is 0.0450. The standard InChI is InChI=1S/C9H18N2OS/c1-7(13)9(12)10-8-4-3-5-11(2)6-8/h7-8,13H,3-6H2,1-2H3,(H,10,12). The first-order valence-electron chi connectivity index (χ1n) is 4.76. The fourth-order valence-corrected chi connectivity index (χ4v) is 1.68. The van der Waals surface area contributed by atoms with Gasteiger partial charge in [0.25, 0.3) is 0 Å². The lowest BCUT2D eigenvalue weighted by molar-refractivity contribution is -0.121. The summed E-state index contributed by atoms with van der Waals surface area (Å²) in [6, 6.07) is 0.320. The highest BCUT2D eigenvalue weighted by Crippen LogP contribution is 2.08. The van der Waals surface area contributed by atoms with Crippen molar-refractivity contribution in [2.24, 2.45) is 0 Å². The molecule has 1 amide bonds. The molecule has 1 aliphatic rings. The molecule has 0 bridgehead atoms. The van der Waals surface area contributed by atoms with Gasteiger partial charge in [-0.25, -0.2) is 0 Å². The largest absolute Gasteiger partial charge is 0.351 e. The molecule has 0 radical (unpaired) electrons. The molecule has 0 saturated carbocycles. The van der Waals surface area contributed by atoms with Crippen molar-refractivity contribution < 1.29 is 4.79 Å². The molecule has 1 rings (SSSR count). The van der Waals surface area contributed by atoms with Crippen molar-refractivity contribution in [2.75, 3.05) is 20.1 Å². The Morgan fingerprint density at radius 1 is 1.69 bits per heavy atom. The van der Waals surface area contributed by atoms with Crippen LogP contribution >= 0.6 is 12.6 Å². The SMILES string of the molecule is CC(S)C(=O)NC1CCCN(C)C1. The van der Waals surface area contributed by atoms with Crippen molar-refractivity contribution in [3.8, 4) is 0 Å². The Hall–Kier alpha value is -0.220. The van der Waals surface area contributed by atoms with E-state index in [1.165, 1.54) is 6.42 Å². The van der Waals surface area contributed by atoms with E-state index in [1.807, 2.05) is 0 Å². The molecule has 2 atom stereocenters. The average molecular weight is 202 g/mol. The predicted octanol–water partition coefficient (Wildman–Crippen LogP) is 0.515. The Kier molecular flexibility index (Phi) is 4.06. The number of carbonyl (C=O) groups is 1. The lowest BCUT2D eigenvalue weighted by Crippen LogP contribution is -2.47. The zero-order valence-electron chi connectivity index (χ0n) is 8.29. The number of carbonyl (C=O) groups excluding carboxylic acids is 1. The Balaban J connectivity index is 2.31. The summed E-state index contributed by atoms with van der Waals surface area (Å²) in [6.45, 7) is 3.90. The number of likely N-dealkylation sites (N-methyl/N-ethyl adjacent to an activating group) is 1. The van der Waals surface area contributed by atoms with E-state index < -0.39 is 0 Å². The van der Waals surface area contributed by atoms with Gasteiger partial charge in [0.05, 0.1) is 5.25 Å². The highest BCUT2D eigenvalue weighted by Gasteiger charge is 2.19. The molecule has 0 aromatic heterocycles. The topological polar surface area (TPSA) is 32.3 Å². The van der Waals surface area contributed by atoms with Crippen LogP contribution in [-0.4, -0.2) is 42.2 Å². The van der Waals surface area contributed by atoms with E-state index in [1.54, 1.807) is 6.92 Å². The maximum Gasteiger partial charge on any atom is 0.232 e. The second-order valence-electron chi connectivity index (χ2n) is 3.79. The molecule has 0 aromatic carbocycles. The second kappa shape index (κ2) is 4.86. The van der Waals surface area contributed by atoms with Gasteiger partial charge in [-0.3, -0.25) is 4.79 Å². The molecule has 1 fully saturated rings. The number of piperidine rings is 1. The number of likely N-dealkylation sites (tertiary alicyclic amines) is 1. The van der Waals surface area contributed by atoms with Crippen LogP contribution in [0.3, 0.4) is 0 Å². The van der Waals surface area contributed by atoms with Crippen LogP contribution in [0.4, 0.5) is 0 Å². The van der Waals surface area contributed by atoms with Crippen LogP contribution in [0.15, 0.2) is 0 Å². The molecule has 1 saturated heterocycles. The molecule has 1 heterocycles. The third kappa shape index (κ3) is 3.56. The third-order valence-electron chi connectivity index (χ3n) is 2.35. The van der Waals surface area contributed by atoms with Gasteiger partial charge in [0.2, 0.25) is 5.91 Å². The fraction of sp³-hybridized carbons (Fsp3) is 0.889. The predicted molar refractivity (Wildman–Crippen MR) is 57.1 cm³/mol. The van der Waals surface area contributed by atoms with Gasteiger partial charge < -0.3 is 10.2 Å².